The molecule has 16 heavy (non-hydrogen) atoms. The van der Waals surface area contributed by atoms with Gasteiger partial charge in [-0.1, -0.05) is 29.5 Å². The van der Waals surface area contributed by atoms with Crippen molar-refractivity contribution in [2.45, 2.75) is 12.6 Å². The summed E-state index contributed by atoms with van der Waals surface area (Å²) in [6.07, 6.45) is 0. The van der Waals surface area contributed by atoms with Crippen LogP contribution < -0.4 is 5.73 Å². The van der Waals surface area contributed by atoms with Crippen LogP contribution >= 0.6 is 0 Å². The van der Waals surface area contributed by atoms with Crippen LogP contribution in [-0.4, -0.2) is 27.7 Å². The number of nitrogens with one attached hydrogen (secondary N) is 1. The number of tetrazole rings is 1. The fraction of sp³-hybridized carbons (Fsp3) is 0.300. The Labute approximate surface area is 92.8 Å². The number of aromatic nitrogens is 4. The number of nitrogens with zero attached hydrogens (tertiary/aromatic N) is 3. The van der Waals surface area contributed by atoms with E-state index in [0.717, 1.165) is 11.1 Å². The fourth-order valence-corrected chi connectivity index (χ4v) is 1.49. The van der Waals surface area contributed by atoms with Crippen molar-refractivity contribution in [1.29, 1.82) is 0 Å². The van der Waals surface area contributed by atoms with Crippen LogP contribution in [0.3, 0.4) is 0 Å². The Bertz CT molecular complexity index is 442. The SMILES string of the molecule is COCc1cccc(C(N)c2nn[nH]n2)c1. The lowest BCUT2D eigenvalue weighted by atomic mass is 10.0. The summed E-state index contributed by atoms with van der Waals surface area (Å²) in [4.78, 5) is 0. The number of H-pyrrole nitrogens is 1. The molecule has 0 bridgehead atoms. The molecule has 0 spiro atoms. The number of nitrogens with two attached hydrogens (primary N) is 1. The van der Waals surface area contributed by atoms with E-state index in [1.165, 1.54) is 0 Å². The van der Waals surface area contributed by atoms with Crippen LogP contribution in [0, 0.1) is 0 Å². The molecule has 1 unspecified atom stereocenters. The summed E-state index contributed by atoms with van der Waals surface area (Å²) in [6.45, 7) is 0.562. The lowest BCUT2D eigenvalue weighted by molar-refractivity contribution is 0.185. The zero-order chi connectivity index (χ0) is 11.4. The lowest BCUT2D eigenvalue weighted by Crippen LogP contribution is -2.14. The van der Waals surface area contributed by atoms with Crippen molar-refractivity contribution < 1.29 is 4.74 Å². The zero-order valence-electron chi connectivity index (χ0n) is 8.92. The van der Waals surface area contributed by atoms with Gasteiger partial charge in [0.05, 0.1) is 12.6 Å². The molecule has 0 saturated carbocycles. The number of ether oxygens (including phenoxy) is 1. The Morgan fingerprint density at radius 2 is 2.38 bits per heavy atom. The largest absolute Gasteiger partial charge is 0.380 e. The summed E-state index contributed by atoms with van der Waals surface area (Å²) in [5.74, 6) is 0.481. The molecule has 0 fully saturated rings. The maximum atomic E-state index is 6.00. The number of rotatable bonds is 4. The molecule has 2 aromatic rings. The average molecular weight is 219 g/mol. The highest BCUT2D eigenvalue weighted by Gasteiger charge is 2.13. The van der Waals surface area contributed by atoms with Crippen LogP contribution in [0.4, 0.5) is 0 Å². The minimum atomic E-state index is -0.365. The van der Waals surface area contributed by atoms with Crippen LogP contribution in [0.2, 0.25) is 0 Å². The Morgan fingerprint density at radius 1 is 1.50 bits per heavy atom. The molecular weight excluding hydrogens is 206 g/mol. The molecule has 0 aliphatic heterocycles. The first-order valence-corrected chi connectivity index (χ1v) is 4.88. The molecule has 1 aromatic heterocycles. The number of hydrogen-bond acceptors (Lipinski definition) is 5. The van der Waals surface area contributed by atoms with E-state index in [1.807, 2.05) is 24.3 Å². The minimum Gasteiger partial charge on any atom is -0.380 e. The van der Waals surface area contributed by atoms with Crippen molar-refractivity contribution in [2.24, 2.45) is 5.73 Å². The highest BCUT2D eigenvalue weighted by molar-refractivity contribution is 5.28. The summed E-state index contributed by atoms with van der Waals surface area (Å²) >= 11 is 0. The molecule has 0 aliphatic rings. The molecule has 1 atom stereocenters. The van der Waals surface area contributed by atoms with Gasteiger partial charge in [0.1, 0.15) is 0 Å². The Balaban J connectivity index is 2.23. The van der Waals surface area contributed by atoms with Gasteiger partial charge < -0.3 is 10.5 Å². The van der Waals surface area contributed by atoms with Gasteiger partial charge >= 0.3 is 0 Å². The molecule has 2 rings (SSSR count). The van der Waals surface area contributed by atoms with Gasteiger partial charge in [0.15, 0.2) is 5.82 Å². The molecule has 84 valence electrons. The first-order valence-electron chi connectivity index (χ1n) is 4.88. The quantitative estimate of drug-likeness (QED) is 0.776. The molecule has 0 radical (unpaired) electrons. The van der Waals surface area contributed by atoms with Gasteiger partial charge in [0.25, 0.3) is 0 Å². The zero-order valence-corrected chi connectivity index (χ0v) is 8.92. The summed E-state index contributed by atoms with van der Waals surface area (Å²) in [6, 6.07) is 7.46. The third kappa shape index (κ3) is 2.23. The van der Waals surface area contributed by atoms with Crippen LogP contribution in [0.1, 0.15) is 23.0 Å². The Kier molecular flexibility index (Phi) is 3.23. The van der Waals surface area contributed by atoms with E-state index < -0.39 is 0 Å². The summed E-state index contributed by atoms with van der Waals surface area (Å²) in [5.41, 5.74) is 8.01. The second kappa shape index (κ2) is 4.82. The van der Waals surface area contributed by atoms with Crippen molar-refractivity contribution >= 4 is 0 Å². The van der Waals surface area contributed by atoms with Gasteiger partial charge in [0, 0.05) is 7.11 Å². The van der Waals surface area contributed by atoms with Crippen LogP contribution in [0.5, 0.6) is 0 Å². The first-order chi connectivity index (χ1) is 7.81. The molecule has 6 heteroatoms. The number of hydrogen-bond donors (Lipinski definition) is 2. The van der Waals surface area contributed by atoms with Crippen molar-refractivity contribution in [2.75, 3.05) is 7.11 Å². The van der Waals surface area contributed by atoms with E-state index in [-0.39, 0.29) is 6.04 Å². The summed E-state index contributed by atoms with van der Waals surface area (Å²) in [5, 5.41) is 13.6. The molecule has 0 aliphatic carbocycles. The van der Waals surface area contributed by atoms with Gasteiger partial charge in [-0.3, -0.25) is 0 Å². The van der Waals surface area contributed by atoms with E-state index >= 15 is 0 Å². The second-order valence-electron chi connectivity index (χ2n) is 3.43. The Morgan fingerprint density at radius 3 is 3.06 bits per heavy atom. The first kappa shape index (κ1) is 10.7. The van der Waals surface area contributed by atoms with E-state index in [0.29, 0.717) is 12.4 Å². The molecule has 1 aromatic carbocycles. The molecular formula is C10H13N5O. The van der Waals surface area contributed by atoms with Gasteiger partial charge in [0.2, 0.25) is 0 Å². The predicted octanol–water partition coefficient (Wildman–Crippen LogP) is 0.394. The van der Waals surface area contributed by atoms with Gasteiger partial charge in [-0.15, -0.1) is 10.2 Å². The lowest BCUT2D eigenvalue weighted by Gasteiger charge is -2.09. The molecule has 1 heterocycles. The highest BCUT2D eigenvalue weighted by atomic mass is 16.5. The summed E-state index contributed by atoms with van der Waals surface area (Å²) in [7, 11) is 1.66. The van der Waals surface area contributed by atoms with Crippen LogP contribution in [0.25, 0.3) is 0 Å². The molecule has 3 N–H and O–H groups in total. The topological polar surface area (TPSA) is 89.7 Å². The van der Waals surface area contributed by atoms with Crippen molar-refractivity contribution in [1.82, 2.24) is 20.6 Å². The predicted molar refractivity (Wildman–Crippen MR) is 57.4 cm³/mol. The number of benzene rings is 1. The standard InChI is InChI=1S/C10H13N5O/c1-16-6-7-3-2-4-8(5-7)9(11)10-12-14-15-13-10/h2-5,9H,6,11H2,1H3,(H,12,13,14,15). The van der Waals surface area contributed by atoms with E-state index in [2.05, 4.69) is 20.6 Å². The second-order valence-corrected chi connectivity index (χ2v) is 3.43. The maximum absolute atomic E-state index is 6.00. The van der Waals surface area contributed by atoms with E-state index in [9.17, 15) is 0 Å². The Hall–Kier alpha value is -1.79. The maximum Gasteiger partial charge on any atom is 0.195 e. The van der Waals surface area contributed by atoms with Gasteiger partial charge in [-0.2, -0.15) is 5.21 Å². The molecule has 0 amide bonds. The van der Waals surface area contributed by atoms with E-state index in [4.69, 9.17) is 10.5 Å². The number of methoxy groups -OCH3 is 1. The van der Waals surface area contributed by atoms with Gasteiger partial charge in [-0.05, 0) is 11.1 Å². The normalized spacial score (nSPS) is 12.6. The minimum absolute atomic E-state index is 0.365. The van der Waals surface area contributed by atoms with E-state index in [1.54, 1.807) is 7.11 Å². The van der Waals surface area contributed by atoms with Crippen LogP contribution in [0.15, 0.2) is 24.3 Å². The monoisotopic (exact) mass is 219 g/mol. The van der Waals surface area contributed by atoms with Crippen LogP contribution in [-0.2, 0) is 11.3 Å². The average Bonchev–Trinajstić information content (AvgIpc) is 2.82. The van der Waals surface area contributed by atoms with Crippen molar-refractivity contribution in [3.8, 4) is 0 Å². The molecule has 6 nitrogen and oxygen atoms in total. The molecule has 0 saturated heterocycles. The third-order valence-electron chi connectivity index (χ3n) is 2.26. The smallest absolute Gasteiger partial charge is 0.195 e. The third-order valence-corrected chi connectivity index (χ3v) is 2.26. The van der Waals surface area contributed by atoms with Crippen molar-refractivity contribution in [3.63, 3.8) is 0 Å². The highest BCUT2D eigenvalue weighted by Crippen LogP contribution is 2.16. The number of aromatic amines is 1. The fourth-order valence-electron chi connectivity index (χ4n) is 1.49. The van der Waals surface area contributed by atoms with Gasteiger partial charge in [-0.25, -0.2) is 0 Å². The van der Waals surface area contributed by atoms with Crippen molar-refractivity contribution in [3.05, 3.63) is 41.2 Å². The summed E-state index contributed by atoms with van der Waals surface area (Å²) < 4.78 is 5.06.